The van der Waals surface area contributed by atoms with Crippen LogP contribution in [0.1, 0.15) is 23.7 Å². The zero-order chi connectivity index (χ0) is 14.3. The van der Waals surface area contributed by atoms with Gasteiger partial charge in [0.25, 0.3) is 0 Å². The zero-order valence-corrected chi connectivity index (χ0v) is 11.8. The van der Waals surface area contributed by atoms with Gasteiger partial charge in [0.1, 0.15) is 5.82 Å². The molecule has 0 bridgehead atoms. The number of nitrogens with zero attached hydrogens (tertiary/aromatic N) is 3. The number of aromatic amines is 1. The van der Waals surface area contributed by atoms with E-state index in [4.69, 9.17) is 5.26 Å². The smallest absolute Gasteiger partial charge is 0.211 e. The van der Waals surface area contributed by atoms with E-state index < -0.39 is 10.0 Å². The summed E-state index contributed by atoms with van der Waals surface area (Å²) in [6, 6.07) is 7.38. The maximum Gasteiger partial charge on any atom is 0.211 e. The third-order valence-corrected chi connectivity index (χ3v) is 4.91. The van der Waals surface area contributed by atoms with E-state index in [-0.39, 0.29) is 5.92 Å². The van der Waals surface area contributed by atoms with E-state index >= 15 is 0 Å². The highest BCUT2D eigenvalue weighted by atomic mass is 32.2. The van der Waals surface area contributed by atoms with Crippen molar-refractivity contribution in [3.05, 3.63) is 29.6 Å². The Balaban J connectivity index is 1.91. The fraction of sp³-hybridized carbons (Fsp3) is 0.385. The number of nitrogens with one attached hydrogen (secondary N) is 1. The number of rotatable bonds is 2. The zero-order valence-electron chi connectivity index (χ0n) is 11.0. The van der Waals surface area contributed by atoms with Crippen LogP contribution in [0.15, 0.2) is 18.2 Å². The van der Waals surface area contributed by atoms with Gasteiger partial charge in [-0.15, -0.1) is 0 Å². The summed E-state index contributed by atoms with van der Waals surface area (Å²) in [4.78, 5) is 7.70. The average molecular weight is 290 g/mol. The molecule has 0 spiro atoms. The molecule has 3 rings (SSSR count). The predicted molar refractivity (Wildman–Crippen MR) is 74.6 cm³/mol. The molecule has 1 unspecified atom stereocenters. The van der Waals surface area contributed by atoms with Crippen LogP contribution < -0.4 is 0 Å². The van der Waals surface area contributed by atoms with Gasteiger partial charge in [-0.25, -0.2) is 17.7 Å². The first kappa shape index (κ1) is 13.1. The summed E-state index contributed by atoms with van der Waals surface area (Å²) in [5.41, 5.74) is 2.20. The molecule has 1 aliphatic rings. The summed E-state index contributed by atoms with van der Waals surface area (Å²) in [6.07, 6.45) is 1.99. The lowest BCUT2D eigenvalue weighted by Gasteiger charge is -2.11. The van der Waals surface area contributed by atoms with Crippen molar-refractivity contribution in [2.45, 2.75) is 12.3 Å². The number of nitriles is 1. The topological polar surface area (TPSA) is 89.8 Å². The molecular weight excluding hydrogens is 276 g/mol. The fourth-order valence-corrected chi connectivity index (χ4v) is 3.43. The second-order valence-electron chi connectivity index (χ2n) is 5.07. The second-order valence-corrected chi connectivity index (χ2v) is 7.05. The van der Waals surface area contributed by atoms with Gasteiger partial charge in [-0.05, 0) is 24.6 Å². The maximum absolute atomic E-state index is 11.5. The molecule has 1 saturated heterocycles. The van der Waals surface area contributed by atoms with E-state index in [1.807, 2.05) is 0 Å². The number of benzene rings is 1. The molecule has 20 heavy (non-hydrogen) atoms. The standard InChI is InChI=1S/C13H14N4O2S/c1-20(18,19)17-5-4-10(8-17)13-15-11-3-2-9(7-14)6-12(11)16-13/h2-3,6,10H,4-5,8H2,1H3,(H,15,16). The Bertz CT molecular complexity index is 803. The number of aromatic nitrogens is 2. The van der Waals surface area contributed by atoms with Crippen LogP contribution in [0, 0.1) is 11.3 Å². The lowest BCUT2D eigenvalue weighted by atomic mass is 10.1. The molecule has 0 radical (unpaired) electrons. The van der Waals surface area contributed by atoms with Crippen LogP contribution in [0.3, 0.4) is 0 Å². The number of H-pyrrole nitrogens is 1. The lowest BCUT2D eigenvalue weighted by molar-refractivity contribution is 0.477. The fourth-order valence-electron chi connectivity index (χ4n) is 2.54. The van der Waals surface area contributed by atoms with E-state index in [0.717, 1.165) is 23.3 Å². The van der Waals surface area contributed by atoms with E-state index in [0.29, 0.717) is 18.7 Å². The first-order valence-corrected chi connectivity index (χ1v) is 8.17. The first-order chi connectivity index (χ1) is 9.47. The van der Waals surface area contributed by atoms with Crippen molar-refractivity contribution in [3.63, 3.8) is 0 Å². The summed E-state index contributed by atoms with van der Waals surface area (Å²) in [6.45, 7) is 0.994. The van der Waals surface area contributed by atoms with E-state index in [1.165, 1.54) is 10.6 Å². The minimum Gasteiger partial charge on any atom is -0.342 e. The number of hydrogen-bond acceptors (Lipinski definition) is 4. The third-order valence-electron chi connectivity index (χ3n) is 3.64. The van der Waals surface area contributed by atoms with Crippen LogP contribution in [0.25, 0.3) is 11.0 Å². The minimum atomic E-state index is -3.14. The molecule has 2 heterocycles. The molecule has 1 fully saturated rings. The van der Waals surface area contributed by atoms with Gasteiger partial charge in [0.05, 0.1) is 28.9 Å². The van der Waals surface area contributed by atoms with Crippen LogP contribution in [-0.2, 0) is 10.0 Å². The summed E-state index contributed by atoms with van der Waals surface area (Å²) < 4.78 is 24.5. The molecule has 2 aromatic rings. The lowest BCUT2D eigenvalue weighted by Crippen LogP contribution is -2.27. The van der Waals surface area contributed by atoms with Crippen LogP contribution in [0.5, 0.6) is 0 Å². The van der Waals surface area contributed by atoms with E-state index in [1.54, 1.807) is 18.2 Å². The molecule has 1 aromatic heterocycles. The Hall–Kier alpha value is -1.91. The third kappa shape index (κ3) is 2.28. The molecule has 1 aliphatic heterocycles. The predicted octanol–water partition coefficient (Wildman–Crippen LogP) is 1.18. The highest BCUT2D eigenvalue weighted by molar-refractivity contribution is 7.88. The SMILES string of the molecule is CS(=O)(=O)N1CCC(c2nc3ccc(C#N)cc3[nH]2)C1. The van der Waals surface area contributed by atoms with Crippen LogP contribution >= 0.6 is 0 Å². The Morgan fingerprint density at radius 1 is 1.50 bits per heavy atom. The van der Waals surface area contributed by atoms with E-state index in [9.17, 15) is 8.42 Å². The number of fused-ring (bicyclic) bond motifs is 1. The summed E-state index contributed by atoms with van der Waals surface area (Å²) in [5.74, 6) is 0.879. The molecule has 0 aliphatic carbocycles. The first-order valence-electron chi connectivity index (χ1n) is 6.32. The normalized spacial score (nSPS) is 20.3. The van der Waals surface area contributed by atoms with Gasteiger partial charge in [-0.2, -0.15) is 5.26 Å². The van der Waals surface area contributed by atoms with Gasteiger partial charge in [-0.1, -0.05) is 0 Å². The van der Waals surface area contributed by atoms with Gasteiger partial charge in [0.15, 0.2) is 0 Å². The van der Waals surface area contributed by atoms with Crippen molar-refractivity contribution in [2.75, 3.05) is 19.3 Å². The molecule has 7 heteroatoms. The highest BCUT2D eigenvalue weighted by Crippen LogP contribution is 2.28. The Labute approximate surface area is 117 Å². The summed E-state index contributed by atoms with van der Waals surface area (Å²) >= 11 is 0. The molecule has 0 saturated carbocycles. The van der Waals surface area contributed by atoms with Crippen LogP contribution in [0.2, 0.25) is 0 Å². The van der Waals surface area contributed by atoms with Crippen molar-refractivity contribution < 1.29 is 8.42 Å². The molecule has 104 valence electrons. The molecule has 1 N–H and O–H groups in total. The van der Waals surface area contributed by atoms with Gasteiger partial charge >= 0.3 is 0 Å². The molecule has 6 nitrogen and oxygen atoms in total. The minimum absolute atomic E-state index is 0.0858. The monoisotopic (exact) mass is 290 g/mol. The largest absolute Gasteiger partial charge is 0.342 e. The molecule has 1 aromatic carbocycles. The summed E-state index contributed by atoms with van der Waals surface area (Å²) in [7, 11) is -3.14. The van der Waals surface area contributed by atoms with Gasteiger partial charge in [0, 0.05) is 19.0 Å². The van der Waals surface area contributed by atoms with Crippen LogP contribution in [0.4, 0.5) is 0 Å². The Kier molecular flexibility index (Phi) is 3.00. The maximum atomic E-state index is 11.5. The van der Waals surface area contributed by atoms with Crippen molar-refractivity contribution in [3.8, 4) is 6.07 Å². The van der Waals surface area contributed by atoms with Crippen LogP contribution in [-0.4, -0.2) is 42.0 Å². The second kappa shape index (κ2) is 4.58. The molecular formula is C13H14N4O2S. The molecule has 0 amide bonds. The Morgan fingerprint density at radius 2 is 2.30 bits per heavy atom. The van der Waals surface area contributed by atoms with Gasteiger partial charge in [-0.3, -0.25) is 0 Å². The molecule has 1 atom stereocenters. The number of hydrogen-bond donors (Lipinski definition) is 1. The Morgan fingerprint density at radius 3 is 2.95 bits per heavy atom. The van der Waals surface area contributed by atoms with Gasteiger partial charge < -0.3 is 4.98 Å². The number of sulfonamides is 1. The quantitative estimate of drug-likeness (QED) is 0.899. The van der Waals surface area contributed by atoms with E-state index in [2.05, 4.69) is 16.0 Å². The van der Waals surface area contributed by atoms with Crippen molar-refractivity contribution >= 4 is 21.1 Å². The average Bonchev–Trinajstić information content (AvgIpc) is 3.03. The van der Waals surface area contributed by atoms with Crippen molar-refractivity contribution in [1.82, 2.24) is 14.3 Å². The number of imidazole rings is 1. The highest BCUT2D eigenvalue weighted by Gasteiger charge is 2.31. The summed E-state index contributed by atoms with van der Waals surface area (Å²) in [5, 5.41) is 8.88. The van der Waals surface area contributed by atoms with Crippen molar-refractivity contribution in [1.29, 1.82) is 5.26 Å². The van der Waals surface area contributed by atoms with Crippen molar-refractivity contribution in [2.24, 2.45) is 0 Å². The van der Waals surface area contributed by atoms with Gasteiger partial charge in [0.2, 0.25) is 10.0 Å².